The van der Waals surface area contributed by atoms with Crippen LogP contribution in [0.4, 0.5) is 5.69 Å². The minimum Gasteiger partial charge on any atom is -0.380 e. The van der Waals surface area contributed by atoms with Crippen LogP contribution < -0.4 is 5.32 Å². The molecule has 1 heterocycles. The molecule has 0 aliphatic heterocycles. The van der Waals surface area contributed by atoms with Crippen LogP contribution >= 0.6 is 11.6 Å². The van der Waals surface area contributed by atoms with Gasteiger partial charge in [-0.2, -0.15) is 0 Å². The van der Waals surface area contributed by atoms with Crippen LogP contribution in [0.25, 0.3) is 0 Å². The maximum atomic E-state index is 5.84. The number of pyridine rings is 1. The SMILES string of the molecule is CC12CCC(C1)C(C)(C)C2Nc1ccc(Cl)nc1. The Kier molecular flexibility index (Phi) is 2.64. The van der Waals surface area contributed by atoms with Crippen molar-refractivity contribution in [1.82, 2.24) is 4.98 Å². The van der Waals surface area contributed by atoms with Crippen LogP contribution in [0.1, 0.15) is 40.0 Å². The lowest BCUT2D eigenvalue weighted by Gasteiger charge is -2.43. The van der Waals surface area contributed by atoms with Crippen molar-refractivity contribution in [1.29, 1.82) is 0 Å². The van der Waals surface area contributed by atoms with Crippen LogP contribution in [0.3, 0.4) is 0 Å². The first-order valence-electron chi connectivity index (χ1n) is 6.80. The van der Waals surface area contributed by atoms with Gasteiger partial charge >= 0.3 is 0 Å². The second-order valence-corrected chi connectivity index (χ2v) is 7.25. The minimum atomic E-state index is 0.368. The predicted octanol–water partition coefficient (Wildman–Crippen LogP) is 4.36. The molecule has 18 heavy (non-hydrogen) atoms. The highest BCUT2D eigenvalue weighted by Crippen LogP contribution is 2.63. The number of hydrogen-bond acceptors (Lipinski definition) is 2. The molecule has 1 aromatic heterocycles. The van der Waals surface area contributed by atoms with Crippen molar-refractivity contribution in [2.45, 2.75) is 46.1 Å². The molecule has 0 spiro atoms. The molecule has 98 valence electrons. The molecule has 2 fully saturated rings. The Morgan fingerprint density at radius 1 is 1.33 bits per heavy atom. The summed E-state index contributed by atoms with van der Waals surface area (Å²) in [5.41, 5.74) is 1.90. The second kappa shape index (κ2) is 3.86. The summed E-state index contributed by atoms with van der Waals surface area (Å²) in [7, 11) is 0. The van der Waals surface area contributed by atoms with Crippen molar-refractivity contribution in [2.24, 2.45) is 16.7 Å². The maximum absolute atomic E-state index is 5.84. The molecule has 2 nitrogen and oxygen atoms in total. The zero-order valence-electron chi connectivity index (χ0n) is 11.3. The molecule has 2 saturated carbocycles. The van der Waals surface area contributed by atoms with Crippen molar-refractivity contribution in [3.8, 4) is 0 Å². The fourth-order valence-corrected chi connectivity index (χ4v) is 4.40. The van der Waals surface area contributed by atoms with Gasteiger partial charge in [0.05, 0.1) is 11.9 Å². The van der Waals surface area contributed by atoms with Gasteiger partial charge in [-0.1, -0.05) is 32.4 Å². The normalized spacial score (nSPS) is 36.9. The number of anilines is 1. The summed E-state index contributed by atoms with van der Waals surface area (Å²) in [6.07, 6.45) is 5.94. The van der Waals surface area contributed by atoms with Gasteiger partial charge in [-0.05, 0) is 48.1 Å². The molecule has 3 atom stereocenters. The van der Waals surface area contributed by atoms with Crippen LogP contribution in [0, 0.1) is 16.7 Å². The Morgan fingerprint density at radius 3 is 2.67 bits per heavy atom. The van der Waals surface area contributed by atoms with Gasteiger partial charge in [0.2, 0.25) is 0 Å². The van der Waals surface area contributed by atoms with Crippen molar-refractivity contribution in [2.75, 3.05) is 5.32 Å². The molecular weight excluding hydrogens is 244 g/mol. The Labute approximate surface area is 114 Å². The summed E-state index contributed by atoms with van der Waals surface area (Å²) in [6.45, 7) is 7.24. The van der Waals surface area contributed by atoms with Gasteiger partial charge in [-0.15, -0.1) is 0 Å². The van der Waals surface area contributed by atoms with Gasteiger partial charge in [0, 0.05) is 6.04 Å². The molecule has 1 aromatic rings. The lowest BCUT2D eigenvalue weighted by atomic mass is 9.68. The van der Waals surface area contributed by atoms with E-state index in [0.29, 0.717) is 22.0 Å². The smallest absolute Gasteiger partial charge is 0.129 e. The zero-order chi connectivity index (χ0) is 13.0. The molecule has 2 bridgehead atoms. The van der Waals surface area contributed by atoms with E-state index >= 15 is 0 Å². The largest absolute Gasteiger partial charge is 0.380 e. The third-order valence-electron chi connectivity index (χ3n) is 5.31. The van der Waals surface area contributed by atoms with E-state index in [-0.39, 0.29) is 0 Å². The first-order valence-corrected chi connectivity index (χ1v) is 7.18. The number of halogens is 1. The molecule has 1 N–H and O–H groups in total. The van der Waals surface area contributed by atoms with Crippen molar-refractivity contribution < 1.29 is 0 Å². The van der Waals surface area contributed by atoms with Gasteiger partial charge in [0.25, 0.3) is 0 Å². The second-order valence-electron chi connectivity index (χ2n) is 6.86. The third kappa shape index (κ3) is 1.73. The van der Waals surface area contributed by atoms with Crippen LogP contribution in [0.2, 0.25) is 5.15 Å². The summed E-state index contributed by atoms with van der Waals surface area (Å²) < 4.78 is 0. The monoisotopic (exact) mass is 264 g/mol. The average molecular weight is 265 g/mol. The lowest BCUT2D eigenvalue weighted by molar-refractivity contribution is 0.155. The molecule has 3 heteroatoms. The van der Waals surface area contributed by atoms with Crippen molar-refractivity contribution in [3.05, 3.63) is 23.5 Å². The molecule has 0 amide bonds. The summed E-state index contributed by atoms with van der Waals surface area (Å²) >= 11 is 5.84. The number of rotatable bonds is 2. The number of hydrogen-bond donors (Lipinski definition) is 1. The summed E-state index contributed by atoms with van der Waals surface area (Å²) in [5.74, 6) is 0.861. The number of fused-ring (bicyclic) bond motifs is 2. The highest BCUT2D eigenvalue weighted by atomic mass is 35.5. The summed E-state index contributed by atoms with van der Waals surface area (Å²) in [4.78, 5) is 4.16. The van der Waals surface area contributed by atoms with Gasteiger partial charge in [-0.3, -0.25) is 0 Å². The Morgan fingerprint density at radius 2 is 2.11 bits per heavy atom. The molecule has 0 radical (unpaired) electrons. The van der Waals surface area contributed by atoms with Gasteiger partial charge in [0.1, 0.15) is 5.15 Å². The molecule has 3 unspecified atom stereocenters. The average Bonchev–Trinajstić information content (AvgIpc) is 2.78. The predicted molar refractivity (Wildman–Crippen MR) is 75.9 cm³/mol. The van der Waals surface area contributed by atoms with E-state index in [2.05, 4.69) is 31.1 Å². The van der Waals surface area contributed by atoms with E-state index in [0.717, 1.165) is 11.6 Å². The number of aromatic nitrogens is 1. The molecule has 0 saturated heterocycles. The third-order valence-corrected chi connectivity index (χ3v) is 5.53. The summed E-state index contributed by atoms with van der Waals surface area (Å²) in [6, 6.07) is 4.42. The minimum absolute atomic E-state index is 0.368. The fourth-order valence-electron chi connectivity index (χ4n) is 4.29. The molecule has 2 aliphatic rings. The first kappa shape index (κ1) is 12.3. The van der Waals surface area contributed by atoms with E-state index < -0.39 is 0 Å². The lowest BCUT2D eigenvalue weighted by Crippen LogP contribution is -2.45. The Hall–Kier alpha value is -0.760. The molecular formula is C15H21ClN2. The summed E-state index contributed by atoms with van der Waals surface area (Å²) in [5, 5.41) is 4.26. The van der Waals surface area contributed by atoms with Crippen LogP contribution in [0.5, 0.6) is 0 Å². The standard InChI is InChI=1S/C15H21ClN2/c1-14(2)10-6-7-15(3,8-10)13(14)18-11-4-5-12(16)17-9-11/h4-5,9-10,13,18H,6-8H2,1-3H3. The zero-order valence-corrected chi connectivity index (χ0v) is 12.1. The van der Waals surface area contributed by atoms with E-state index in [1.807, 2.05) is 18.3 Å². The quantitative estimate of drug-likeness (QED) is 0.803. The number of nitrogens with zero attached hydrogens (tertiary/aromatic N) is 1. The van der Waals surface area contributed by atoms with Crippen LogP contribution in [-0.4, -0.2) is 11.0 Å². The van der Waals surface area contributed by atoms with Crippen LogP contribution in [0.15, 0.2) is 18.3 Å². The van der Waals surface area contributed by atoms with Gasteiger partial charge in [-0.25, -0.2) is 4.98 Å². The molecule has 2 aliphatic carbocycles. The Bertz CT molecular complexity index is 449. The molecule has 0 aromatic carbocycles. The topological polar surface area (TPSA) is 24.9 Å². The van der Waals surface area contributed by atoms with Crippen molar-refractivity contribution in [3.63, 3.8) is 0 Å². The first-order chi connectivity index (χ1) is 8.42. The van der Waals surface area contributed by atoms with Crippen LogP contribution in [-0.2, 0) is 0 Å². The van der Waals surface area contributed by atoms with E-state index in [1.165, 1.54) is 19.3 Å². The van der Waals surface area contributed by atoms with Crippen molar-refractivity contribution >= 4 is 17.3 Å². The highest BCUT2D eigenvalue weighted by Gasteiger charge is 2.59. The fraction of sp³-hybridized carbons (Fsp3) is 0.667. The van der Waals surface area contributed by atoms with Gasteiger partial charge < -0.3 is 5.32 Å². The molecule has 3 rings (SSSR count). The number of nitrogens with one attached hydrogen (secondary N) is 1. The van der Waals surface area contributed by atoms with E-state index in [1.54, 1.807) is 0 Å². The highest BCUT2D eigenvalue weighted by molar-refractivity contribution is 6.29. The van der Waals surface area contributed by atoms with E-state index in [4.69, 9.17) is 11.6 Å². The van der Waals surface area contributed by atoms with E-state index in [9.17, 15) is 0 Å². The Balaban J connectivity index is 1.86. The maximum Gasteiger partial charge on any atom is 0.129 e. The van der Waals surface area contributed by atoms with Gasteiger partial charge in [0.15, 0.2) is 0 Å².